The summed E-state index contributed by atoms with van der Waals surface area (Å²) in [6.07, 6.45) is 7.61. The minimum absolute atomic E-state index is 0.105. The Balaban J connectivity index is 1.39. The van der Waals surface area contributed by atoms with Gasteiger partial charge in [-0.1, -0.05) is 13.3 Å². The van der Waals surface area contributed by atoms with Crippen LogP contribution in [-0.4, -0.2) is 58.0 Å². The maximum Gasteiger partial charge on any atom is 0.253 e. The molecule has 6 heteroatoms. The zero-order valence-corrected chi connectivity index (χ0v) is 16.5. The van der Waals surface area contributed by atoms with Crippen LogP contribution in [0.4, 0.5) is 0 Å². The Morgan fingerprint density at radius 3 is 2.85 bits per heavy atom. The van der Waals surface area contributed by atoms with Crippen LogP contribution in [0.15, 0.2) is 10.9 Å². The molecule has 0 aliphatic carbocycles. The van der Waals surface area contributed by atoms with E-state index in [1.54, 1.807) is 6.07 Å². The number of fused-ring (bicyclic) bond motifs is 1. The highest BCUT2D eigenvalue weighted by atomic mass is 16.2. The lowest BCUT2D eigenvalue weighted by molar-refractivity contribution is -0.133. The molecule has 2 atom stereocenters. The molecule has 3 aliphatic rings. The summed E-state index contributed by atoms with van der Waals surface area (Å²) in [5.41, 5.74) is 1.04. The molecule has 3 aliphatic heterocycles. The van der Waals surface area contributed by atoms with E-state index in [-0.39, 0.29) is 17.4 Å². The molecule has 2 fully saturated rings. The smallest absolute Gasteiger partial charge is 0.253 e. The number of carbonyl (C=O) groups is 1. The van der Waals surface area contributed by atoms with Gasteiger partial charge in [0.25, 0.3) is 5.56 Å². The molecule has 4 rings (SSSR count). The third kappa shape index (κ3) is 4.26. The van der Waals surface area contributed by atoms with Crippen LogP contribution in [0.3, 0.4) is 0 Å². The van der Waals surface area contributed by atoms with Gasteiger partial charge in [-0.05, 0) is 44.6 Å². The number of hydrogen-bond acceptors (Lipinski definition) is 4. The molecule has 0 spiro atoms. The van der Waals surface area contributed by atoms with Crippen molar-refractivity contribution in [2.45, 2.75) is 64.3 Å². The van der Waals surface area contributed by atoms with Crippen molar-refractivity contribution < 1.29 is 4.79 Å². The predicted molar refractivity (Wildman–Crippen MR) is 105 cm³/mol. The summed E-state index contributed by atoms with van der Waals surface area (Å²) in [7, 11) is 0. The molecule has 0 unspecified atom stereocenters. The average Bonchev–Trinajstić information content (AvgIpc) is 2.97. The van der Waals surface area contributed by atoms with Gasteiger partial charge in [-0.2, -0.15) is 0 Å². The summed E-state index contributed by atoms with van der Waals surface area (Å²) in [4.78, 5) is 34.3. The van der Waals surface area contributed by atoms with Crippen LogP contribution in [0.2, 0.25) is 0 Å². The molecule has 4 heterocycles. The highest BCUT2D eigenvalue weighted by Crippen LogP contribution is 2.26. The molecule has 0 saturated carbocycles. The lowest BCUT2D eigenvalue weighted by Crippen LogP contribution is -2.44. The van der Waals surface area contributed by atoms with Gasteiger partial charge < -0.3 is 4.90 Å². The Morgan fingerprint density at radius 1 is 1.11 bits per heavy atom. The van der Waals surface area contributed by atoms with Crippen LogP contribution in [0.25, 0.3) is 0 Å². The first-order chi connectivity index (χ1) is 13.1. The van der Waals surface area contributed by atoms with Crippen molar-refractivity contribution in [1.82, 2.24) is 19.4 Å². The fraction of sp³-hybridized carbons (Fsp3) is 0.762. The minimum atomic E-state index is 0.105. The van der Waals surface area contributed by atoms with E-state index in [1.165, 1.54) is 12.8 Å². The molecule has 27 heavy (non-hydrogen) atoms. The second-order valence-electron chi connectivity index (χ2n) is 8.71. The van der Waals surface area contributed by atoms with Gasteiger partial charge in [0, 0.05) is 44.6 Å². The van der Waals surface area contributed by atoms with Crippen molar-refractivity contribution in [1.29, 1.82) is 0 Å². The Hall–Kier alpha value is -1.69. The first-order valence-corrected chi connectivity index (χ1v) is 10.7. The maximum atomic E-state index is 12.6. The van der Waals surface area contributed by atoms with Crippen molar-refractivity contribution in [2.24, 2.45) is 5.92 Å². The van der Waals surface area contributed by atoms with Crippen LogP contribution in [0.1, 0.15) is 62.9 Å². The van der Waals surface area contributed by atoms with Crippen LogP contribution < -0.4 is 5.56 Å². The zero-order valence-electron chi connectivity index (χ0n) is 16.5. The second-order valence-corrected chi connectivity index (χ2v) is 8.71. The number of aromatic nitrogens is 2. The number of aryl methyl sites for hydroxylation is 1. The average molecular weight is 373 g/mol. The molecule has 0 N–H and O–H groups in total. The standard InChI is InChI=1S/C21H32N4O2/c1-16-6-5-9-24(13-16)21(27)15-23-11-8-17(14-23)18-12-20(26)25-10-4-2-3-7-19(25)22-18/h12,16-17H,2-11,13-15H2,1H3/t16-,17-/m1/s1. The summed E-state index contributed by atoms with van der Waals surface area (Å²) in [5.74, 6) is 2.12. The Bertz CT molecular complexity index is 744. The molecule has 0 aromatic carbocycles. The van der Waals surface area contributed by atoms with E-state index in [1.807, 2.05) is 9.47 Å². The van der Waals surface area contributed by atoms with Gasteiger partial charge in [-0.25, -0.2) is 4.98 Å². The predicted octanol–water partition coefficient (Wildman–Crippen LogP) is 2.02. The number of amides is 1. The summed E-state index contributed by atoms with van der Waals surface area (Å²) in [6, 6.07) is 1.75. The van der Waals surface area contributed by atoms with Crippen LogP contribution in [0, 0.1) is 5.92 Å². The SMILES string of the molecule is C[C@@H]1CCCN(C(=O)CN2CC[C@@H](c3cc(=O)n4c(n3)CCCCC4)C2)C1. The summed E-state index contributed by atoms with van der Waals surface area (Å²) in [6.45, 7) is 7.11. The molecule has 1 amide bonds. The van der Waals surface area contributed by atoms with Crippen LogP contribution in [0.5, 0.6) is 0 Å². The third-order valence-corrected chi connectivity index (χ3v) is 6.45. The summed E-state index contributed by atoms with van der Waals surface area (Å²) in [5, 5.41) is 0. The van der Waals surface area contributed by atoms with Gasteiger partial charge in [-0.15, -0.1) is 0 Å². The molecule has 0 bridgehead atoms. The second kappa shape index (κ2) is 8.13. The molecular formula is C21H32N4O2. The van der Waals surface area contributed by atoms with Gasteiger partial charge in [0.05, 0.1) is 12.2 Å². The molecule has 2 saturated heterocycles. The van der Waals surface area contributed by atoms with Crippen LogP contribution in [-0.2, 0) is 17.8 Å². The maximum absolute atomic E-state index is 12.6. The van der Waals surface area contributed by atoms with Crippen molar-refractivity contribution in [3.8, 4) is 0 Å². The van der Waals surface area contributed by atoms with Crippen molar-refractivity contribution >= 4 is 5.91 Å². The number of piperidine rings is 1. The van der Waals surface area contributed by atoms with E-state index in [9.17, 15) is 9.59 Å². The van der Waals surface area contributed by atoms with Gasteiger partial charge in [0.2, 0.25) is 5.91 Å². The Morgan fingerprint density at radius 2 is 2.00 bits per heavy atom. The largest absolute Gasteiger partial charge is 0.341 e. The quantitative estimate of drug-likeness (QED) is 0.814. The van der Waals surface area contributed by atoms with Gasteiger partial charge in [-0.3, -0.25) is 19.1 Å². The van der Waals surface area contributed by atoms with E-state index in [4.69, 9.17) is 4.98 Å². The molecule has 0 radical (unpaired) electrons. The minimum Gasteiger partial charge on any atom is -0.341 e. The van der Waals surface area contributed by atoms with E-state index < -0.39 is 0 Å². The molecule has 1 aromatic rings. The van der Waals surface area contributed by atoms with Gasteiger partial charge >= 0.3 is 0 Å². The highest BCUT2D eigenvalue weighted by molar-refractivity contribution is 5.78. The van der Waals surface area contributed by atoms with E-state index in [0.717, 1.165) is 76.3 Å². The fourth-order valence-corrected chi connectivity index (χ4v) is 4.87. The lowest BCUT2D eigenvalue weighted by Gasteiger charge is -2.32. The van der Waals surface area contributed by atoms with E-state index in [2.05, 4.69) is 11.8 Å². The summed E-state index contributed by atoms with van der Waals surface area (Å²) < 4.78 is 1.87. The molecule has 148 valence electrons. The van der Waals surface area contributed by atoms with E-state index >= 15 is 0 Å². The first kappa shape index (κ1) is 18.7. The van der Waals surface area contributed by atoms with Crippen LogP contribution >= 0.6 is 0 Å². The third-order valence-electron chi connectivity index (χ3n) is 6.45. The Labute approximate surface area is 161 Å². The fourth-order valence-electron chi connectivity index (χ4n) is 4.87. The number of likely N-dealkylation sites (tertiary alicyclic amines) is 2. The first-order valence-electron chi connectivity index (χ1n) is 10.7. The zero-order chi connectivity index (χ0) is 18.8. The number of carbonyl (C=O) groups excluding carboxylic acids is 1. The number of hydrogen-bond donors (Lipinski definition) is 0. The normalized spacial score (nSPS) is 26.6. The van der Waals surface area contributed by atoms with Gasteiger partial charge in [0.1, 0.15) is 5.82 Å². The van der Waals surface area contributed by atoms with Crippen molar-refractivity contribution in [2.75, 3.05) is 32.7 Å². The van der Waals surface area contributed by atoms with Crippen molar-refractivity contribution in [3.05, 3.63) is 27.9 Å². The number of nitrogens with zero attached hydrogens (tertiary/aromatic N) is 4. The topological polar surface area (TPSA) is 58.4 Å². The van der Waals surface area contributed by atoms with Crippen molar-refractivity contribution in [3.63, 3.8) is 0 Å². The lowest BCUT2D eigenvalue weighted by atomic mass is 10.0. The Kier molecular flexibility index (Phi) is 5.62. The monoisotopic (exact) mass is 372 g/mol. The van der Waals surface area contributed by atoms with Gasteiger partial charge in [0.15, 0.2) is 0 Å². The molecule has 6 nitrogen and oxygen atoms in total. The summed E-state index contributed by atoms with van der Waals surface area (Å²) >= 11 is 0. The molecule has 1 aromatic heterocycles. The number of rotatable bonds is 3. The molecular weight excluding hydrogens is 340 g/mol. The van der Waals surface area contributed by atoms with E-state index in [0.29, 0.717) is 12.5 Å². The highest BCUT2D eigenvalue weighted by Gasteiger charge is 2.29.